The molecule has 3 aromatic rings. The number of hydrogen-bond donors (Lipinski definition) is 4. The summed E-state index contributed by atoms with van der Waals surface area (Å²) in [6.07, 6.45) is 2.34. The van der Waals surface area contributed by atoms with E-state index in [1.165, 1.54) is 24.6 Å². The van der Waals surface area contributed by atoms with Crippen LogP contribution in [0.4, 0.5) is 26.1 Å². The molecule has 0 aliphatic rings. The van der Waals surface area contributed by atoms with Crippen LogP contribution in [0.25, 0.3) is 5.65 Å². The molecule has 3 aromatic heterocycles. The van der Waals surface area contributed by atoms with Crippen LogP contribution in [0.2, 0.25) is 0 Å². The van der Waals surface area contributed by atoms with Gasteiger partial charge in [-0.1, -0.05) is 0 Å². The number of halogens is 2. The largest absolute Gasteiger partial charge is 0.387 e. The zero-order valence-electron chi connectivity index (χ0n) is 17.6. The Morgan fingerprint density at radius 1 is 1.29 bits per heavy atom. The first-order valence-electron chi connectivity index (χ1n) is 9.72. The van der Waals surface area contributed by atoms with Crippen molar-refractivity contribution in [3.05, 3.63) is 42.1 Å². The van der Waals surface area contributed by atoms with Gasteiger partial charge >= 0.3 is 0 Å². The van der Waals surface area contributed by atoms with Crippen LogP contribution in [0.3, 0.4) is 0 Å². The number of carbonyl (C=O) groups is 1. The molecular weight excluding hydrogens is 408 g/mol. The summed E-state index contributed by atoms with van der Waals surface area (Å²) in [5, 5.41) is 22.1. The fourth-order valence-electron chi connectivity index (χ4n) is 2.70. The molecule has 0 aliphatic heterocycles. The highest BCUT2D eigenvalue weighted by Crippen LogP contribution is 2.22. The van der Waals surface area contributed by atoms with Crippen molar-refractivity contribution in [2.24, 2.45) is 0 Å². The third-order valence-corrected chi connectivity index (χ3v) is 4.38. The number of aromatic nitrogens is 4. The number of pyridine rings is 1. The Labute approximate surface area is 177 Å². The van der Waals surface area contributed by atoms with Gasteiger partial charge in [-0.2, -0.15) is 5.10 Å². The Bertz CT molecular complexity index is 1080. The summed E-state index contributed by atoms with van der Waals surface area (Å²) in [7, 11) is 0. The van der Waals surface area contributed by atoms with E-state index in [0.717, 1.165) is 6.20 Å². The normalized spacial score (nSPS) is 12.8. The Balaban J connectivity index is 1.81. The van der Waals surface area contributed by atoms with Gasteiger partial charge in [0.05, 0.1) is 29.6 Å². The van der Waals surface area contributed by atoms with Crippen LogP contribution in [0.1, 0.15) is 38.1 Å². The van der Waals surface area contributed by atoms with Crippen LogP contribution in [-0.4, -0.2) is 55.0 Å². The summed E-state index contributed by atoms with van der Waals surface area (Å²) < 4.78 is 29.0. The van der Waals surface area contributed by atoms with Gasteiger partial charge in [-0.25, -0.2) is 23.3 Å². The third kappa shape index (κ3) is 5.43. The lowest BCUT2D eigenvalue weighted by Crippen LogP contribution is -2.42. The van der Waals surface area contributed by atoms with E-state index >= 15 is 0 Å². The summed E-state index contributed by atoms with van der Waals surface area (Å²) in [5.41, 5.74) is -0.816. The minimum Gasteiger partial charge on any atom is -0.387 e. The van der Waals surface area contributed by atoms with Gasteiger partial charge in [0.1, 0.15) is 17.8 Å². The molecule has 0 saturated heterocycles. The summed E-state index contributed by atoms with van der Waals surface area (Å²) in [5.74, 6) is -0.369. The second-order valence-corrected chi connectivity index (χ2v) is 7.94. The average Bonchev–Trinajstić information content (AvgIpc) is 3.05. The number of nitrogens with one attached hydrogen (secondary N) is 3. The van der Waals surface area contributed by atoms with Crippen LogP contribution in [-0.2, 0) is 0 Å². The van der Waals surface area contributed by atoms with Crippen LogP contribution in [0.5, 0.6) is 0 Å². The fraction of sp³-hybridized carbons (Fsp3) is 0.400. The lowest BCUT2D eigenvalue weighted by atomic mass is 10.0. The molecule has 0 spiro atoms. The zero-order chi connectivity index (χ0) is 22.8. The van der Waals surface area contributed by atoms with Crippen molar-refractivity contribution in [3.8, 4) is 0 Å². The molecule has 3 heterocycles. The zero-order valence-corrected chi connectivity index (χ0v) is 17.6. The number of rotatable bonds is 8. The van der Waals surface area contributed by atoms with E-state index in [0.29, 0.717) is 17.3 Å². The number of amides is 1. The number of anilines is 3. The van der Waals surface area contributed by atoms with Crippen molar-refractivity contribution in [3.63, 3.8) is 0 Å². The molecule has 0 radical (unpaired) electrons. The molecule has 3 rings (SSSR count). The first-order valence-corrected chi connectivity index (χ1v) is 9.72. The summed E-state index contributed by atoms with van der Waals surface area (Å²) in [6.45, 7) is 6.12. The second kappa shape index (κ2) is 8.80. The molecule has 166 valence electrons. The lowest BCUT2D eigenvalue weighted by molar-refractivity contribution is -0.00177. The Morgan fingerprint density at radius 2 is 2.03 bits per heavy atom. The molecule has 1 amide bonds. The molecule has 0 unspecified atom stereocenters. The van der Waals surface area contributed by atoms with Crippen molar-refractivity contribution < 1.29 is 18.7 Å². The van der Waals surface area contributed by atoms with Crippen molar-refractivity contribution in [1.29, 1.82) is 0 Å². The number of carbonyl (C=O) groups excluding carboxylic acids is 1. The van der Waals surface area contributed by atoms with Crippen molar-refractivity contribution in [1.82, 2.24) is 24.9 Å². The van der Waals surface area contributed by atoms with E-state index < -0.39 is 23.5 Å². The van der Waals surface area contributed by atoms with Crippen LogP contribution < -0.4 is 16.0 Å². The molecule has 1 atom stereocenters. The topological polar surface area (TPSA) is 116 Å². The van der Waals surface area contributed by atoms with Crippen LogP contribution in [0.15, 0.2) is 30.7 Å². The van der Waals surface area contributed by atoms with Crippen molar-refractivity contribution in [2.45, 2.75) is 45.5 Å². The molecule has 4 N–H and O–H groups in total. The van der Waals surface area contributed by atoms with Gasteiger partial charge in [-0.3, -0.25) is 4.79 Å². The smallest absolute Gasteiger partial charge is 0.255 e. The van der Waals surface area contributed by atoms with E-state index in [2.05, 4.69) is 31.0 Å². The number of hydrogen-bond acceptors (Lipinski definition) is 7. The predicted octanol–water partition coefficient (Wildman–Crippen LogP) is 2.67. The summed E-state index contributed by atoms with van der Waals surface area (Å²) in [6, 6.07) is 3.22. The maximum absolute atomic E-state index is 14.0. The minimum atomic E-state index is -1.63. The molecule has 0 aliphatic carbocycles. The van der Waals surface area contributed by atoms with E-state index in [1.54, 1.807) is 18.3 Å². The average molecular weight is 433 g/mol. The number of aliphatic hydroxyl groups is 1. The van der Waals surface area contributed by atoms with Crippen LogP contribution in [0, 0.1) is 5.82 Å². The Hall–Kier alpha value is -3.34. The highest BCUT2D eigenvalue weighted by Gasteiger charge is 2.27. The Kier molecular flexibility index (Phi) is 6.34. The molecule has 0 saturated carbocycles. The van der Waals surface area contributed by atoms with Gasteiger partial charge in [0.25, 0.3) is 5.91 Å². The standard InChI is InChI=1S/C20H25F2N7O2/c1-11(2)26-14-7-17(27-16-5-6-29-18(28-16)13(21)9-25-29)23-8-12(14)19(30)24-10-15(22)20(3,4)31/h5-9,11,15,31H,10H2,1-4H3,(H,24,30)(H2,23,26,27,28)/t15-/m1/s1. The van der Waals surface area contributed by atoms with E-state index in [-0.39, 0.29) is 23.8 Å². The lowest BCUT2D eigenvalue weighted by Gasteiger charge is -2.23. The highest BCUT2D eigenvalue weighted by atomic mass is 19.1. The number of fused-ring (bicyclic) bond motifs is 1. The SMILES string of the molecule is CC(C)Nc1cc(Nc2ccn3ncc(F)c3n2)ncc1C(=O)NC[C@@H](F)C(C)(C)O. The number of nitrogens with zero attached hydrogens (tertiary/aromatic N) is 4. The second-order valence-electron chi connectivity index (χ2n) is 7.94. The van der Waals surface area contributed by atoms with Gasteiger partial charge in [0.2, 0.25) is 0 Å². The maximum atomic E-state index is 14.0. The summed E-state index contributed by atoms with van der Waals surface area (Å²) >= 11 is 0. The quantitative estimate of drug-likeness (QED) is 0.432. The molecule has 9 nitrogen and oxygen atoms in total. The number of alkyl halides is 1. The first kappa shape index (κ1) is 22.3. The first-order chi connectivity index (χ1) is 14.5. The van der Waals surface area contributed by atoms with Gasteiger partial charge in [-0.15, -0.1) is 0 Å². The molecule has 11 heteroatoms. The maximum Gasteiger partial charge on any atom is 0.255 e. The molecule has 0 aromatic carbocycles. The predicted molar refractivity (Wildman–Crippen MR) is 113 cm³/mol. The fourth-order valence-corrected chi connectivity index (χ4v) is 2.70. The van der Waals surface area contributed by atoms with E-state index in [4.69, 9.17) is 0 Å². The van der Waals surface area contributed by atoms with Crippen LogP contribution >= 0.6 is 0 Å². The van der Waals surface area contributed by atoms with Crippen molar-refractivity contribution >= 4 is 28.9 Å². The minimum absolute atomic E-state index is 0.00228. The third-order valence-electron chi connectivity index (χ3n) is 4.38. The molecule has 31 heavy (non-hydrogen) atoms. The van der Waals surface area contributed by atoms with Gasteiger partial charge in [-0.05, 0) is 33.8 Å². The molecule has 0 bridgehead atoms. The molecule has 0 fully saturated rings. The van der Waals surface area contributed by atoms with E-state index in [1.807, 2.05) is 13.8 Å². The van der Waals surface area contributed by atoms with Gasteiger partial charge in [0.15, 0.2) is 11.5 Å². The molecular formula is C20H25F2N7O2. The summed E-state index contributed by atoms with van der Waals surface area (Å²) in [4.78, 5) is 21.0. The monoisotopic (exact) mass is 433 g/mol. The highest BCUT2D eigenvalue weighted by molar-refractivity contribution is 5.99. The Morgan fingerprint density at radius 3 is 2.71 bits per heavy atom. The van der Waals surface area contributed by atoms with Gasteiger partial charge in [0, 0.05) is 24.5 Å². The van der Waals surface area contributed by atoms with E-state index in [9.17, 15) is 18.7 Å². The van der Waals surface area contributed by atoms with Gasteiger partial charge < -0.3 is 21.1 Å². The van der Waals surface area contributed by atoms with Crippen molar-refractivity contribution in [2.75, 3.05) is 17.2 Å².